The van der Waals surface area contributed by atoms with E-state index in [0.29, 0.717) is 0 Å². The van der Waals surface area contributed by atoms with E-state index in [1.54, 1.807) is 0 Å². The first-order valence-electron chi connectivity index (χ1n) is 5.01. The van der Waals surface area contributed by atoms with Gasteiger partial charge in [0.25, 0.3) is 0 Å². The van der Waals surface area contributed by atoms with Gasteiger partial charge < -0.3 is 10.5 Å². The number of nitrogens with two attached hydrogens (primary N) is 1. The maximum absolute atomic E-state index is 10.7. The molecule has 1 atom stereocenters. The number of carbonyl (C=O) groups is 1. The topological polar surface area (TPSA) is 52.3 Å². The van der Waals surface area contributed by atoms with Gasteiger partial charge in [0, 0.05) is 0 Å². The van der Waals surface area contributed by atoms with Crippen LogP contribution in [0.2, 0.25) is 0 Å². The normalized spacial score (nSPS) is 12.2. The van der Waals surface area contributed by atoms with Crippen molar-refractivity contribution in [1.82, 2.24) is 0 Å². The lowest BCUT2D eigenvalue weighted by molar-refractivity contribution is -0.119. The van der Waals surface area contributed by atoms with Crippen molar-refractivity contribution in [3.05, 3.63) is 29.3 Å². The van der Waals surface area contributed by atoms with Gasteiger partial charge in [0.1, 0.15) is 11.9 Å². The standard InChI is InChI=1S/C12H17NO2/c1-8-4-5-11(6-9(8)2)15-10(3)7-12(13)14/h4-6,10H,7H2,1-3H3,(H2,13,14). The zero-order valence-corrected chi connectivity index (χ0v) is 9.41. The van der Waals surface area contributed by atoms with Gasteiger partial charge in [-0.25, -0.2) is 0 Å². The van der Waals surface area contributed by atoms with Crippen LogP contribution in [0.4, 0.5) is 0 Å². The molecule has 0 aliphatic carbocycles. The summed E-state index contributed by atoms with van der Waals surface area (Å²) in [6.45, 7) is 5.91. The van der Waals surface area contributed by atoms with E-state index < -0.39 is 0 Å². The summed E-state index contributed by atoms with van der Waals surface area (Å²) in [7, 11) is 0. The Morgan fingerprint density at radius 2 is 2.07 bits per heavy atom. The van der Waals surface area contributed by atoms with Gasteiger partial charge >= 0.3 is 0 Å². The lowest BCUT2D eigenvalue weighted by Crippen LogP contribution is -2.22. The smallest absolute Gasteiger partial charge is 0.221 e. The number of ether oxygens (including phenoxy) is 1. The van der Waals surface area contributed by atoms with Crippen molar-refractivity contribution in [3.63, 3.8) is 0 Å². The molecule has 1 amide bonds. The van der Waals surface area contributed by atoms with E-state index in [2.05, 4.69) is 0 Å². The van der Waals surface area contributed by atoms with Gasteiger partial charge in [-0.15, -0.1) is 0 Å². The molecule has 0 fully saturated rings. The van der Waals surface area contributed by atoms with E-state index in [4.69, 9.17) is 10.5 Å². The number of hydrogen-bond acceptors (Lipinski definition) is 2. The molecule has 0 saturated carbocycles. The number of aryl methyl sites for hydroxylation is 2. The Bertz CT molecular complexity index is 361. The van der Waals surface area contributed by atoms with E-state index in [-0.39, 0.29) is 18.4 Å². The molecule has 3 heteroatoms. The first-order valence-corrected chi connectivity index (χ1v) is 5.01. The van der Waals surface area contributed by atoms with E-state index in [9.17, 15) is 4.79 Å². The molecule has 1 aromatic carbocycles. The van der Waals surface area contributed by atoms with Crippen LogP contribution in [0, 0.1) is 13.8 Å². The second kappa shape index (κ2) is 4.82. The maximum atomic E-state index is 10.7. The first kappa shape index (κ1) is 11.6. The minimum atomic E-state index is -0.341. The van der Waals surface area contributed by atoms with Gasteiger partial charge in [0.05, 0.1) is 6.42 Å². The summed E-state index contributed by atoms with van der Waals surface area (Å²) in [6, 6.07) is 5.87. The first-order chi connectivity index (χ1) is 6.99. The number of benzene rings is 1. The minimum Gasteiger partial charge on any atom is -0.490 e. The lowest BCUT2D eigenvalue weighted by atomic mass is 10.1. The molecule has 2 N–H and O–H groups in total. The van der Waals surface area contributed by atoms with Crippen molar-refractivity contribution >= 4 is 5.91 Å². The predicted octanol–water partition coefficient (Wildman–Crippen LogP) is 1.95. The molecule has 1 unspecified atom stereocenters. The van der Waals surface area contributed by atoms with Crippen LogP contribution in [-0.4, -0.2) is 12.0 Å². The lowest BCUT2D eigenvalue weighted by Gasteiger charge is -2.13. The molecule has 82 valence electrons. The molecule has 0 heterocycles. The highest BCUT2D eigenvalue weighted by molar-refractivity contribution is 5.74. The van der Waals surface area contributed by atoms with Crippen LogP contribution in [0.5, 0.6) is 5.75 Å². The largest absolute Gasteiger partial charge is 0.490 e. The Labute approximate surface area is 90.2 Å². The fourth-order valence-electron chi connectivity index (χ4n) is 1.34. The second-order valence-electron chi connectivity index (χ2n) is 3.84. The van der Waals surface area contributed by atoms with Crippen molar-refractivity contribution in [2.75, 3.05) is 0 Å². The van der Waals surface area contributed by atoms with Crippen LogP contribution in [0.3, 0.4) is 0 Å². The van der Waals surface area contributed by atoms with Gasteiger partial charge in [-0.1, -0.05) is 6.07 Å². The highest BCUT2D eigenvalue weighted by Gasteiger charge is 2.07. The summed E-state index contributed by atoms with van der Waals surface area (Å²) < 4.78 is 5.56. The molecular weight excluding hydrogens is 190 g/mol. The number of amides is 1. The third-order valence-electron chi connectivity index (χ3n) is 2.30. The van der Waals surface area contributed by atoms with Crippen LogP contribution in [0.15, 0.2) is 18.2 Å². The summed E-state index contributed by atoms with van der Waals surface area (Å²) in [5, 5.41) is 0. The van der Waals surface area contributed by atoms with Crippen molar-refractivity contribution < 1.29 is 9.53 Å². The fourth-order valence-corrected chi connectivity index (χ4v) is 1.34. The number of rotatable bonds is 4. The average molecular weight is 207 g/mol. The quantitative estimate of drug-likeness (QED) is 0.820. The molecule has 0 saturated heterocycles. The minimum absolute atomic E-state index is 0.176. The third kappa shape index (κ3) is 3.62. The van der Waals surface area contributed by atoms with Crippen LogP contribution < -0.4 is 10.5 Å². The molecule has 0 aliphatic rings. The van der Waals surface area contributed by atoms with Crippen molar-refractivity contribution in [3.8, 4) is 5.75 Å². The zero-order chi connectivity index (χ0) is 11.4. The van der Waals surface area contributed by atoms with Gasteiger partial charge in [-0.2, -0.15) is 0 Å². The maximum Gasteiger partial charge on any atom is 0.221 e. The molecule has 0 radical (unpaired) electrons. The summed E-state index contributed by atoms with van der Waals surface area (Å²) in [6.07, 6.45) is 0.0667. The summed E-state index contributed by atoms with van der Waals surface area (Å²) in [5.74, 6) is 0.443. The van der Waals surface area contributed by atoms with Crippen molar-refractivity contribution in [1.29, 1.82) is 0 Å². The summed E-state index contributed by atoms with van der Waals surface area (Å²) >= 11 is 0. The summed E-state index contributed by atoms with van der Waals surface area (Å²) in [4.78, 5) is 10.7. The van der Waals surface area contributed by atoms with Gasteiger partial charge in [-0.3, -0.25) is 4.79 Å². The van der Waals surface area contributed by atoms with Crippen LogP contribution >= 0.6 is 0 Å². The highest BCUT2D eigenvalue weighted by atomic mass is 16.5. The SMILES string of the molecule is Cc1ccc(OC(C)CC(N)=O)cc1C. The Morgan fingerprint density at radius 3 is 2.60 bits per heavy atom. The van der Waals surface area contributed by atoms with Crippen molar-refractivity contribution in [2.24, 2.45) is 5.73 Å². The number of primary amides is 1. The van der Waals surface area contributed by atoms with E-state index in [1.165, 1.54) is 11.1 Å². The van der Waals surface area contributed by atoms with E-state index in [0.717, 1.165) is 5.75 Å². The second-order valence-corrected chi connectivity index (χ2v) is 3.84. The van der Waals surface area contributed by atoms with E-state index in [1.807, 2.05) is 39.0 Å². The van der Waals surface area contributed by atoms with E-state index >= 15 is 0 Å². The van der Waals surface area contributed by atoms with Crippen LogP contribution in [-0.2, 0) is 4.79 Å². The molecule has 15 heavy (non-hydrogen) atoms. The molecule has 0 aliphatic heterocycles. The monoisotopic (exact) mass is 207 g/mol. The van der Waals surface area contributed by atoms with Crippen molar-refractivity contribution in [2.45, 2.75) is 33.3 Å². The number of carbonyl (C=O) groups excluding carboxylic acids is 1. The average Bonchev–Trinajstić information content (AvgIpc) is 2.10. The fraction of sp³-hybridized carbons (Fsp3) is 0.417. The van der Waals surface area contributed by atoms with Crippen LogP contribution in [0.25, 0.3) is 0 Å². The molecular formula is C12H17NO2. The Morgan fingerprint density at radius 1 is 1.40 bits per heavy atom. The predicted molar refractivity (Wildman–Crippen MR) is 59.8 cm³/mol. The Kier molecular flexibility index (Phi) is 3.72. The third-order valence-corrected chi connectivity index (χ3v) is 2.30. The number of hydrogen-bond donors (Lipinski definition) is 1. The molecule has 3 nitrogen and oxygen atoms in total. The highest BCUT2D eigenvalue weighted by Crippen LogP contribution is 2.18. The molecule has 0 aromatic heterocycles. The Hall–Kier alpha value is -1.51. The zero-order valence-electron chi connectivity index (χ0n) is 9.41. The molecule has 1 aromatic rings. The molecule has 0 spiro atoms. The summed E-state index contributed by atoms with van der Waals surface area (Å²) in [5.41, 5.74) is 7.49. The molecule has 0 bridgehead atoms. The molecule has 1 rings (SSSR count). The van der Waals surface area contributed by atoms with Gasteiger partial charge in [0.2, 0.25) is 5.91 Å². The van der Waals surface area contributed by atoms with Crippen LogP contribution in [0.1, 0.15) is 24.5 Å². The van der Waals surface area contributed by atoms with Gasteiger partial charge in [0.15, 0.2) is 0 Å². The van der Waals surface area contributed by atoms with Gasteiger partial charge in [-0.05, 0) is 44.0 Å². The Balaban J connectivity index is 2.64.